The normalized spacial score (nSPS) is 17.0. The van der Waals surface area contributed by atoms with Gasteiger partial charge in [0.1, 0.15) is 24.2 Å². The summed E-state index contributed by atoms with van der Waals surface area (Å²) in [6.07, 6.45) is -0.516. The van der Waals surface area contributed by atoms with Crippen LogP contribution in [0.5, 0.6) is 11.5 Å². The van der Waals surface area contributed by atoms with Crippen molar-refractivity contribution in [1.29, 1.82) is 0 Å². The zero-order chi connectivity index (χ0) is 23.0. The summed E-state index contributed by atoms with van der Waals surface area (Å²) < 4.78 is 17.0. The molecule has 5 nitrogen and oxygen atoms in total. The lowest BCUT2D eigenvalue weighted by Gasteiger charge is -2.28. The van der Waals surface area contributed by atoms with Crippen LogP contribution in [0.4, 0.5) is 0 Å². The third kappa shape index (κ3) is 7.11. The van der Waals surface area contributed by atoms with Gasteiger partial charge < -0.3 is 19.3 Å². The Morgan fingerprint density at radius 3 is 1.94 bits per heavy atom. The van der Waals surface area contributed by atoms with E-state index in [0.29, 0.717) is 24.9 Å². The van der Waals surface area contributed by atoms with Gasteiger partial charge in [-0.1, -0.05) is 45.0 Å². The fourth-order valence-corrected chi connectivity index (χ4v) is 3.80. The molecule has 1 saturated heterocycles. The fraction of sp³-hybridized carbons (Fsp3) is 0.538. The van der Waals surface area contributed by atoms with Crippen molar-refractivity contribution in [3.8, 4) is 11.5 Å². The molecule has 2 aromatic rings. The Morgan fingerprint density at radius 2 is 1.44 bits per heavy atom. The van der Waals surface area contributed by atoms with Gasteiger partial charge in [-0.15, -0.1) is 11.6 Å². The monoisotopic (exact) mass is 461 g/mol. The van der Waals surface area contributed by atoms with E-state index in [1.807, 2.05) is 24.3 Å². The smallest absolute Gasteiger partial charge is 0.119 e. The van der Waals surface area contributed by atoms with Crippen LogP contribution < -0.4 is 9.47 Å². The Morgan fingerprint density at radius 1 is 0.938 bits per heavy atom. The van der Waals surface area contributed by atoms with Gasteiger partial charge in [0.25, 0.3) is 0 Å². The van der Waals surface area contributed by atoms with Crippen LogP contribution in [0.2, 0.25) is 0 Å². The highest BCUT2D eigenvalue weighted by atomic mass is 35.5. The molecule has 1 aliphatic rings. The molecule has 0 bridgehead atoms. The van der Waals surface area contributed by atoms with Crippen LogP contribution in [-0.4, -0.2) is 68.1 Å². The van der Waals surface area contributed by atoms with Gasteiger partial charge >= 0.3 is 0 Å². The lowest BCUT2D eigenvalue weighted by molar-refractivity contribution is 0.00465. The highest BCUT2D eigenvalue weighted by Crippen LogP contribution is 2.33. The number of alkyl halides is 1. The standard InChI is InChI=1S/C26H36ClNO4/c1-20(16-27)18-31-24-8-4-21(5-9-24)26(2,3)22-6-10-25(11-7-22)32-19-23(29)17-28-12-14-30-15-13-28/h4-11,20,23,29H,12-19H2,1-3H3/t20-,23-/m1/s1. The van der Waals surface area contributed by atoms with E-state index in [1.54, 1.807) is 0 Å². The summed E-state index contributed by atoms with van der Waals surface area (Å²) >= 11 is 5.85. The van der Waals surface area contributed by atoms with Gasteiger partial charge in [0, 0.05) is 36.8 Å². The Hall–Kier alpha value is -1.79. The van der Waals surface area contributed by atoms with Gasteiger partial charge in [0.2, 0.25) is 0 Å². The van der Waals surface area contributed by atoms with Gasteiger partial charge in [-0.2, -0.15) is 0 Å². The second-order valence-corrected chi connectivity index (χ2v) is 9.43. The molecular formula is C26H36ClNO4. The first-order valence-electron chi connectivity index (χ1n) is 11.4. The van der Waals surface area contributed by atoms with E-state index in [4.69, 9.17) is 25.8 Å². The summed E-state index contributed by atoms with van der Waals surface area (Å²) in [5, 5.41) is 10.3. The third-order valence-electron chi connectivity index (χ3n) is 5.96. The maximum absolute atomic E-state index is 10.3. The molecule has 1 aliphatic heterocycles. The summed E-state index contributed by atoms with van der Waals surface area (Å²) in [6, 6.07) is 16.4. The minimum absolute atomic E-state index is 0.156. The first-order valence-corrected chi connectivity index (χ1v) is 11.9. The molecule has 32 heavy (non-hydrogen) atoms. The molecule has 2 aromatic carbocycles. The zero-order valence-electron chi connectivity index (χ0n) is 19.4. The average Bonchev–Trinajstić information content (AvgIpc) is 2.82. The molecular weight excluding hydrogens is 426 g/mol. The SMILES string of the molecule is C[C@H](CCl)COc1ccc(C(C)(C)c2ccc(OC[C@H](O)CN3CCOCC3)cc2)cc1. The second-order valence-electron chi connectivity index (χ2n) is 9.12. The number of aliphatic hydroxyl groups excluding tert-OH is 1. The van der Waals surface area contributed by atoms with Crippen molar-refractivity contribution >= 4 is 11.6 Å². The van der Waals surface area contributed by atoms with Crippen molar-refractivity contribution in [2.75, 3.05) is 51.9 Å². The molecule has 0 spiro atoms. The van der Waals surface area contributed by atoms with Crippen molar-refractivity contribution in [3.05, 3.63) is 59.7 Å². The molecule has 1 heterocycles. The summed E-state index contributed by atoms with van der Waals surface area (Å²) in [4.78, 5) is 2.21. The zero-order valence-corrected chi connectivity index (χ0v) is 20.2. The van der Waals surface area contributed by atoms with E-state index in [0.717, 1.165) is 37.8 Å². The molecule has 0 aromatic heterocycles. The first kappa shape index (κ1) is 24.8. The van der Waals surface area contributed by atoms with E-state index in [2.05, 4.69) is 49.9 Å². The number of β-amino-alcohol motifs (C(OH)–C–C–N with tert-alkyl or cyclic N) is 1. The summed E-state index contributed by atoms with van der Waals surface area (Å²) in [7, 11) is 0. The molecule has 0 saturated carbocycles. The molecule has 0 aliphatic carbocycles. The van der Waals surface area contributed by atoms with E-state index in [1.165, 1.54) is 11.1 Å². The number of hydrogen-bond donors (Lipinski definition) is 1. The lowest BCUT2D eigenvalue weighted by Crippen LogP contribution is -2.42. The number of ether oxygens (including phenoxy) is 3. The van der Waals surface area contributed by atoms with Crippen molar-refractivity contribution < 1.29 is 19.3 Å². The van der Waals surface area contributed by atoms with Crippen LogP contribution in [0.1, 0.15) is 31.9 Å². The minimum atomic E-state index is -0.516. The highest BCUT2D eigenvalue weighted by molar-refractivity contribution is 6.18. The molecule has 1 N–H and O–H groups in total. The number of aliphatic hydroxyl groups is 1. The van der Waals surface area contributed by atoms with E-state index in [-0.39, 0.29) is 12.0 Å². The van der Waals surface area contributed by atoms with Crippen molar-refractivity contribution in [2.24, 2.45) is 5.92 Å². The van der Waals surface area contributed by atoms with E-state index >= 15 is 0 Å². The first-order chi connectivity index (χ1) is 15.4. The number of benzene rings is 2. The van der Waals surface area contributed by atoms with Crippen LogP contribution in [-0.2, 0) is 10.2 Å². The van der Waals surface area contributed by atoms with Crippen molar-refractivity contribution in [1.82, 2.24) is 4.90 Å². The number of halogens is 1. The van der Waals surface area contributed by atoms with Gasteiger partial charge in [-0.3, -0.25) is 4.90 Å². The molecule has 176 valence electrons. The van der Waals surface area contributed by atoms with Crippen LogP contribution >= 0.6 is 11.6 Å². The predicted molar refractivity (Wildman–Crippen MR) is 129 cm³/mol. The van der Waals surface area contributed by atoms with Gasteiger partial charge in [0.15, 0.2) is 0 Å². The van der Waals surface area contributed by atoms with Crippen molar-refractivity contribution in [2.45, 2.75) is 32.3 Å². The van der Waals surface area contributed by atoms with Gasteiger partial charge in [0.05, 0.1) is 19.8 Å². The Kier molecular flexibility index (Phi) is 9.23. The van der Waals surface area contributed by atoms with Gasteiger partial charge in [-0.05, 0) is 35.4 Å². The lowest BCUT2D eigenvalue weighted by atomic mass is 9.78. The van der Waals surface area contributed by atoms with Crippen LogP contribution in [0, 0.1) is 5.92 Å². The summed E-state index contributed by atoms with van der Waals surface area (Å²) in [5.41, 5.74) is 2.25. The highest BCUT2D eigenvalue weighted by Gasteiger charge is 2.23. The average molecular weight is 462 g/mol. The van der Waals surface area contributed by atoms with Crippen LogP contribution in [0.15, 0.2) is 48.5 Å². The van der Waals surface area contributed by atoms with E-state index < -0.39 is 6.10 Å². The van der Waals surface area contributed by atoms with Crippen molar-refractivity contribution in [3.63, 3.8) is 0 Å². The molecule has 3 rings (SSSR count). The number of morpholine rings is 1. The maximum atomic E-state index is 10.3. The second kappa shape index (κ2) is 11.9. The predicted octanol–water partition coefficient (Wildman–Crippen LogP) is 4.34. The Labute approximate surface area is 197 Å². The van der Waals surface area contributed by atoms with Gasteiger partial charge in [-0.25, -0.2) is 0 Å². The summed E-state index contributed by atoms with van der Waals surface area (Å²) in [5.74, 6) is 2.55. The quantitative estimate of drug-likeness (QED) is 0.504. The van der Waals surface area contributed by atoms with Crippen LogP contribution in [0.25, 0.3) is 0 Å². The Bertz CT molecular complexity index is 804. The molecule has 0 amide bonds. The minimum Gasteiger partial charge on any atom is -0.493 e. The molecule has 2 atom stereocenters. The fourth-order valence-electron chi connectivity index (χ4n) is 3.71. The largest absolute Gasteiger partial charge is 0.493 e. The van der Waals surface area contributed by atoms with E-state index in [9.17, 15) is 5.11 Å². The Balaban J connectivity index is 1.53. The third-order valence-corrected chi connectivity index (χ3v) is 6.49. The number of nitrogens with zero attached hydrogens (tertiary/aromatic N) is 1. The van der Waals surface area contributed by atoms with Crippen LogP contribution in [0.3, 0.4) is 0 Å². The number of hydrogen-bond acceptors (Lipinski definition) is 5. The number of rotatable bonds is 11. The molecule has 1 fully saturated rings. The summed E-state index contributed by atoms with van der Waals surface area (Å²) in [6.45, 7) is 11.2. The topological polar surface area (TPSA) is 51.2 Å². The molecule has 0 radical (unpaired) electrons. The maximum Gasteiger partial charge on any atom is 0.119 e. The molecule has 0 unspecified atom stereocenters. The molecule has 6 heteroatoms.